The second-order valence-corrected chi connectivity index (χ2v) is 9.50. The van der Waals surface area contributed by atoms with Crippen molar-refractivity contribution >= 4 is 10.0 Å². The lowest BCUT2D eigenvalue weighted by Gasteiger charge is -2.34. The van der Waals surface area contributed by atoms with Crippen LogP contribution in [0.15, 0.2) is 29.2 Å². The predicted molar refractivity (Wildman–Crippen MR) is 104 cm³/mol. The zero-order chi connectivity index (χ0) is 18.9. The number of hydrogen-bond donors (Lipinski definition) is 0. The molecule has 0 aliphatic carbocycles. The van der Waals surface area contributed by atoms with Crippen LogP contribution in [0.1, 0.15) is 68.7 Å². The van der Waals surface area contributed by atoms with Gasteiger partial charge >= 0.3 is 0 Å². The molecular formula is C20H28N4O2S. The van der Waals surface area contributed by atoms with Crippen LogP contribution in [0.5, 0.6) is 0 Å². The van der Waals surface area contributed by atoms with Crippen molar-refractivity contribution in [3.05, 3.63) is 41.5 Å². The monoisotopic (exact) mass is 388 g/mol. The van der Waals surface area contributed by atoms with E-state index < -0.39 is 10.0 Å². The minimum absolute atomic E-state index is 0.210. The molecular weight excluding hydrogens is 360 g/mol. The Kier molecular flexibility index (Phi) is 5.32. The van der Waals surface area contributed by atoms with Crippen molar-refractivity contribution in [2.45, 2.75) is 75.8 Å². The summed E-state index contributed by atoms with van der Waals surface area (Å²) >= 11 is 0. The Balaban J connectivity index is 1.66. The summed E-state index contributed by atoms with van der Waals surface area (Å²) in [5, 5.41) is 8.77. The number of fused-ring (bicyclic) bond motifs is 1. The van der Waals surface area contributed by atoms with Crippen molar-refractivity contribution in [1.82, 2.24) is 19.1 Å². The van der Waals surface area contributed by atoms with Gasteiger partial charge in [0.25, 0.3) is 0 Å². The van der Waals surface area contributed by atoms with Crippen LogP contribution in [0.4, 0.5) is 0 Å². The first-order chi connectivity index (χ1) is 13.1. The zero-order valence-electron chi connectivity index (χ0n) is 16.0. The summed E-state index contributed by atoms with van der Waals surface area (Å²) in [6.07, 6.45) is 7.93. The van der Waals surface area contributed by atoms with Crippen LogP contribution in [-0.4, -0.2) is 34.0 Å². The van der Waals surface area contributed by atoms with E-state index in [1.165, 1.54) is 5.56 Å². The molecule has 0 saturated carbocycles. The van der Waals surface area contributed by atoms with E-state index in [-0.39, 0.29) is 6.04 Å². The molecule has 1 atom stereocenters. The van der Waals surface area contributed by atoms with E-state index in [2.05, 4.69) is 21.7 Å². The molecule has 7 heteroatoms. The number of nitrogens with zero attached hydrogens (tertiary/aromatic N) is 4. The number of rotatable bonds is 5. The van der Waals surface area contributed by atoms with E-state index in [4.69, 9.17) is 0 Å². The number of piperidine rings is 1. The molecule has 0 N–H and O–H groups in total. The van der Waals surface area contributed by atoms with E-state index in [9.17, 15) is 8.42 Å². The Bertz CT molecular complexity index is 889. The Morgan fingerprint density at radius 2 is 1.81 bits per heavy atom. The van der Waals surface area contributed by atoms with E-state index in [1.54, 1.807) is 16.4 Å². The highest BCUT2D eigenvalue weighted by Crippen LogP contribution is 2.35. The lowest BCUT2D eigenvalue weighted by Crippen LogP contribution is -2.40. The highest BCUT2D eigenvalue weighted by molar-refractivity contribution is 7.89. The first kappa shape index (κ1) is 18.6. The summed E-state index contributed by atoms with van der Waals surface area (Å²) in [6.45, 7) is 3.57. The maximum Gasteiger partial charge on any atom is 0.243 e. The molecule has 2 aliphatic rings. The van der Waals surface area contributed by atoms with E-state index >= 15 is 0 Å². The molecule has 2 aliphatic heterocycles. The van der Waals surface area contributed by atoms with Gasteiger partial charge in [-0.05, 0) is 49.8 Å². The van der Waals surface area contributed by atoms with Crippen LogP contribution in [0.2, 0.25) is 0 Å². The maximum absolute atomic E-state index is 13.4. The summed E-state index contributed by atoms with van der Waals surface area (Å²) in [5.41, 5.74) is 1.18. The molecule has 1 fully saturated rings. The van der Waals surface area contributed by atoms with Gasteiger partial charge in [-0.2, -0.15) is 4.31 Å². The van der Waals surface area contributed by atoms with Gasteiger partial charge in [-0.3, -0.25) is 0 Å². The Labute approximate surface area is 161 Å². The molecule has 6 nitrogen and oxygen atoms in total. The number of hydrogen-bond acceptors (Lipinski definition) is 4. The van der Waals surface area contributed by atoms with Crippen LogP contribution in [-0.2, 0) is 29.4 Å². The summed E-state index contributed by atoms with van der Waals surface area (Å²) in [4.78, 5) is 0.382. The second kappa shape index (κ2) is 7.72. The normalized spacial score (nSPS) is 21.1. The minimum atomic E-state index is -3.54. The lowest BCUT2D eigenvalue weighted by molar-refractivity contribution is 0.239. The van der Waals surface area contributed by atoms with Crippen molar-refractivity contribution in [1.29, 1.82) is 0 Å². The van der Waals surface area contributed by atoms with Crippen LogP contribution < -0.4 is 0 Å². The standard InChI is InChI=1S/C20H28N4O2S/c1-2-7-16-10-12-17(13-11-16)27(25,26)24-15-6-3-8-18(24)20-22-21-19-9-4-5-14-23(19)20/h10-13,18H,2-9,14-15H2,1H3/t18-/m0/s1. The van der Waals surface area contributed by atoms with Gasteiger partial charge in [-0.15, -0.1) is 10.2 Å². The average Bonchev–Trinajstić information content (AvgIpc) is 3.13. The van der Waals surface area contributed by atoms with Crippen LogP contribution in [0, 0.1) is 0 Å². The van der Waals surface area contributed by atoms with Crippen molar-refractivity contribution in [2.24, 2.45) is 0 Å². The summed E-state index contributed by atoms with van der Waals surface area (Å²) in [6, 6.07) is 7.18. The molecule has 1 aromatic heterocycles. The van der Waals surface area contributed by atoms with Gasteiger partial charge in [0.15, 0.2) is 5.82 Å². The number of benzene rings is 1. The van der Waals surface area contributed by atoms with Gasteiger partial charge < -0.3 is 4.57 Å². The predicted octanol–water partition coefficient (Wildman–Crippen LogP) is 3.48. The van der Waals surface area contributed by atoms with Gasteiger partial charge in [-0.25, -0.2) is 8.42 Å². The third-order valence-corrected chi connectivity index (χ3v) is 7.63. The largest absolute Gasteiger partial charge is 0.314 e. The molecule has 27 heavy (non-hydrogen) atoms. The van der Waals surface area contributed by atoms with Crippen molar-refractivity contribution < 1.29 is 8.42 Å². The zero-order valence-corrected chi connectivity index (χ0v) is 16.8. The lowest BCUT2D eigenvalue weighted by atomic mass is 10.0. The quantitative estimate of drug-likeness (QED) is 0.786. The van der Waals surface area contributed by atoms with Gasteiger partial charge in [-0.1, -0.05) is 31.9 Å². The van der Waals surface area contributed by atoms with Crippen LogP contribution >= 0.6 is 0 Å². The van der Waals surface area contributed by atoms with E-state index in [1.807, 2.05) is 12.1 Å². The Hall–Kier alpha value is -1.73. The number of sulfonamides is 1. The molecule has 146 valence electrons. The second-order valence-electron chi connectivity index (χ2n) is 7.60. The van der Waals surface area contributed by atoms with Crippen LogP contribution in [0.25, 0.3) is 0 Å². The molecule has 0 amide bonds. The van der Waals surface area contributed by atoms with E-state index in [0.717, 1.165) is 69.6 Å². The summed E-state index contributed by atoms with van der Waals surface area (Å²) < 4.78 is 30.6. The van der Waals surface area contributed by atoms with Crippen molar-refractivity contribution in [3.8, 4) is 0 Å². The summed E-state index contributed by atoms with van der Waals surface area (Å²) in [5.74, 6) is 1.83. The first-order valence-corrected chi connectivity index (χ1v) is 11.6. The molecule has 1 aromatic carbocycles. The third kappa shape index (κ3) is 3.55. The fourth-order valence-corrected chi connectivity index (χ4v) is 5.94. The molecule has 0 unspecified atom stereocenters. The number of aryl methyl sites for hydroxylation is 2. The SMILES string of the molecule is CCCc1ccc(S(=O)(=O)N2CCCC[C@H]2c2nnc3n2CCCC3)cc1. The van der Waals surface area contributed by atoms with Gasteiger partial charge in [0.1, 0.15) is 5.82 Å². The minimum Gasteiger partial charge on any atom is -0.314 e. The Morgan fingerprint density at radius 3 is 2.59 bits per heavy atom. The van der Waals surface area contributed by atoms with Crippen LogP contribution in [0.3, 0.4) is 0 Å². The average molecular weight is 389 g/mol. The highest BCUT2D eigenvalue weighted by atomic mass is 32.2. The molecule has 0 radical (unpaired) electrons. The smallest absolute Gasteiger partial charge is 0.243 e. The fraction of sp³-hybridized carbons (Fsp3) is 0.600. The number of aromatic nitrogens is 3. The van der Waals surface area contributed by atoms with Gasteiger partial charge in [0.05, 0.1) is 10.9 Å². The molecule has 2 aromatic rings. The Morgan fingerprint density at radius 1 is 1.04 bits per heavy atom. The molecule has 3 heterocycles. The van der Waals surface area contributed by atoms with Gasteiger partial charge in [0.2, 0.25) is 10.0 Å². The fourth-order valence-electron chi connectivity index (χ4n) is 4.28. The highest BCUT2D eigenvalue weighted by Gasteiger charge is 2.37. The third-order valence-electron chi connectivity index (χ3n) is 5.71. The van der Waals surface area contributed by atoms with E-state index in [0.29, 0.717) is 11.4 Å². The van der Waals surface area contributed by atoms with Crippen molar-refractivity contribution in [3.63, 3.8) is 0 Å². The topological polar surface area (TPSA) is 68.1 Å². The molecule has 1 saturated heterocycles. The summed E-state index contributed by atoms with van der Waals surface area (Å²) in [7, 11) is -3.54. The maximum atomic E-state index is 13.4. The van der Waals surface area contributed by atoms with Crippen molar-refractivity contribution in [2.75, 3.05) is 6.54 Å². The molecule has 0 bridgehead atoms. The first-order valence-electron chi connectivity index (χ1n) is 10.1. The molecule has 0 spiro atoms. The van der Waals surface area contributed by atoms with Gasteiger partial charge in [0, 0.05) is 19.5 Å². The molecule has 4 rings (SSSR count).